The second-order valence-corrected chi connectivity index (χ2v) is 2.49. The second-order valence-electron chi connectivity index (χ2n) is 2.49. The molecule has 0 aliphatic carbocycles. The number of carbonyl (C=O) groups is 1. The summed E-state index contributed by atoms with van der Waals surface area (Å²) in [4.78, 5) is 10.1. The molecule has 0 aliphatic rings. The number of hydrogen-bond donors (Lipinski definition) is 1. The van der Waals surface area contributed by atoms with Crippen LogP contribution in [0.5, 0.6) is 5.75 Å². The summed E-state index contributed by atoms with van der Waals surface area (Å²) in [6.45, 7) is 0. The van der Waals surface area contributed by atoms with Gasteiger partial charge in [0.2, 0.25) is 0 Å². The zero-order chi connectivity index (χ0) is 11.5. The first-order valence-electron chi connectivity index (χ1n) is 3.70. The van der Waals surface area contributed by atoms with Crippen LogP contribution in [0.25, 0.3) is 0 Å². The van der Waals surface area contributed by atoms with E-state index in [0.29, 0.717) is 0 Å². The molecule has 1 aromatic carbocycles. The smallest absolute Gasteiger partial charge is 0.406 e. The lowest BCUT2D eigenvalue weighted by Gasteiger charge is -2.09. The van der Waals surface area contributed by atoms with Crippen LogP contribution in [0.4, 0.5) is 23.7 Å². The van der Waals surface area contributed by atoms with Crippen molar-refractivity contribution in [3.8, 4) is 5.75 Å². The summed E-state index contributed by atoms with van der Waals surface area (Å²) in [7, 11) is 0. The number of alkyl halides is 3. The predicted molar refractivity (Wildman–Crippen MR) is 42.8 cm³/mol. The van der Waals surface area contributed by atoms with E-state index in [1.54, 1.807) is 5.32 Å². The van der Waals surface area contributed by atoms with Crippen molar-refractivity contribution in [2.45, 2.75) is 6.36 Å². The number of halogens is 3. The van der Waals surface area contributed by atoms with Gasteiger partial charge in [0.1, 0.15) is 5.75 Å². The maximum absolute atomic E-state index is 11.8. The van der Waals surface area contributed by atoms with E-state index in [2.05, 4.69) is 4.74 Å². The summed E-state index contributed by atoms with van der Waals surface area (Å²) in [6, 6.07) is 4.42. The van der Waals surface area contributed by atoms with Crippen LogP contribution < -0.4 is 10.1 Å². The summed E-state index contributed by atoms with van der Waals surface area (Å²) in [5, 5.41) is 11.9. The van der Waals surface area contributed by atoms with Gasteiger partial charge in [0.05, 0.1) is 0 Å². The number of ether oxygens (including phenoxy) is 1. The molecule has 0 saturated carbocycles. The molecular formula is C8H5F3NO3. The van der Waals surface area contributed by atoms with E-state index in [-0.39, 0.29) is 5.69 Å². The molecule has 0 fully saturated rings. The molecule has 0 aliphatic heterocycles. The zero-order valence-corrected chi connectivity index (χ0v) is 7.17. The number of amides is 1. The van der Waals surface area contributed by atoms with E-state index >= 15 is 0 Å². The minimum atomic E-state index is -4.81. The Morgan fingerprint density at radius 3 is 2.53 bits per heavy atom. The third-order valence-electron chi connectivity index (χ3n) is 1.31. The van der Waals surface area contributed by atoms with Crippen LogP contribution >= 0.6 is 0 Å². The number of benzene rings is 1. The van der Waals surface area contributed by atoms with Crippen LogP contribution in [0, 0.1) is 0 Å². The molecule has 0 bridgehead atoms. The van der Waals surface area contributed by atoms with Gasteiger partial charge in [-0.05, 0) is 12.1 Å². The molecule has 1 rings (SSSR count). The van der Waals surface area contributed by atoms with Crippen molar-refractivity contribution in [2.24, 2.45) is 0 Å². The number of rotatable bonds is 2. The van der Waals surface area contributed by atoms with Gasteiger partial charge < -0.3 is 4.74 Å². The first-order chi connectivity index (χ1) is 6.87. The maximum Gasteiger partial charge on any atom is 0.573 e. The first-order valence-corrected chi connectivity index (χ1v) is 3.70. The molecule has 1 amide bonds. The molecule has 7 heteroatoms. The normalized spacial score (nSPS) is 10.9. The van der Waals surface area contributed by atoms with Gasteiger partial charge in [-0.15, -0.1) is 13.2 Å². The average Bonchev–Trinajstić information content (AvgIpc) is 1.99. The molecule has 0 aromatic heterocycles. The minimum Gasteiger partial charge on any atom is -0.406 e. The van der Waals surface area contributed by atoms with Crippen LogP contribution in [0.3, 0.4) is 0 Å². The quantitative estimate of drug-likeness (QED) is 0.832. The Kier molecular flexibility index (Phi) is 3.03. The van der Waals surface area contributed by atoms with Crippen molar-refractivity contribution in [1.82, 2.24) is 0 Å². The fourth-order valence-corrected chi connectivity index (χ4v) is 0.889. The number of anilines is 1. The first kappa shape index (κ1) is 11.2. The highest BCUT2D eigenvalue weighted by atomic mass is 19.4. The summed E-state index contributed by atoms with van der Waals surface area (Å²) in [6.07, 6.45) is -6.42. The Hall–Kier alpha value is -1.92. The summed E-state index contributed by atoms with van der Waals surface area (Å²) < 4.78 is 38.9. The van der Waals surface area contributed by atoms with Gasteiger partial charge in [0.25, 0.3) is 0 Å². The van der Waals surface area contributed by atoms with Crippen molar-refractivity contribution < 1.29 is 27.8 Å². The summed E-state index contributed by atoms with van der Waals surface area (Å²) in [5.74, 6) is -0.506. The van der Waals surface area contributed by atoms with Gasteiger partial charge >= 0.3 is 12.5 Å². The van der Waals surface area contributed by atoms with Crippen molar-refractivity contribution >= 4 is 11.8 Å². The van der Waals surface area contributed by atoms with Crippen LogP contribution in [0.1, 0.15) is 0 Å². The predicted octanol–water partition coefficient (Wildman–Crippen LogP) is 2.55. The van der Waals surface area contributed by atoms with Gasteiger partial charge in [-0.2, -0.15) is 0 Å². The SMILES string of the molecule is [O]C(=O)Nc1cccc(OC(F)(F)F)c1. The zero-order valence-electron chi connectivity index (χ0n) is 7.17. The maximum atomic E-state index is 11.8. The average molecular weight is 220 g/mol. The number of hydrogen-bond acceptors (Lipinski definition) is 2. The van der Waals surface area contributed by atoms with Crippen molar-refractivity contribution in [1.29, 1.82) is 0 Å². The highest BCUT2D eigenvalue weighted by Crippen LogP contribution is 2.24. The third kappa shape index (κ3) is 4.21. The van der Waals surface area contributed by atoms with Gasteiger partial charge in [0.15, 0.2) is 0 Å². The largest absolute Gasteiger partial charge is 0.573 e. The van der Waals surface area contributed by atoms with Gasteiger partial charge in [-0.3, -0.25) is 5.32 Å². The molecule has 0 unspecified atom stereocenters. The minimum absolute atomic E-state index is 0.0586. The van der Waals surface area contributed by atoms with Crippen LogP contribution in [-0.4, -0.2) is 12.5 Å². The molecule has 0 atom stereocenters. The molecule has 1 N–H and O–H groups in total. The molecule has 0 spiro atoms. The molecule has 1 radical (unpaired) electrons. The van der Waals surface area contributed by atoms with E-state index in [0.717, 1.165) is 12.1 Å². The lowest BCUT2D eigenvalue weighted by molar-refractivity contribution is -0.274. The Bertz CT molecular complexity index is 364. The van der Waals surface area contributed by atoms with Gasteiger partial charge in [0, 0.05) is 11.8 Å². The Labute approximate surface area is 82.3 Å². The monoisotopic (exact) mass is 220 g/mol. The lowest BCUT2D eigenvalue weighted by Crippen LogP contribution is -2.17. The fraction of sp³-hybridized carbons (Fsp3) is 0.125. The van der Waals surface area contributed by atoms with Crippen molar-refractivity contribution in [3.63, 3.8) is 0 Å². The molecule has 1 aromatic rings. The topological polar surface area (TPSA) is 58.2 Å². The van der Waals surface area contributed by atoms with Gasteiger partial charge in [-0.1, -0.05) is 6.07 Å². The summed E-state index contributed by atoms with van der Waals surface area (Å²) in [5.41, 5.74) is -0.0586. The third-order valence-corrected chi connectivity index (χ3v) is 1.31. The highest BCUT2D eigenvalue weighted by molar-refractivity contribution is 5.82. The molecule has 4 nitrogen and oxygen atoms in total. The second kappa shape index (κ2) is 4.07. The highest BCUT2D eigenvalue weighted by Gasteiger charge is 2.31. The number of nitrogens with one attached hydrogen (secondary N) is 1. The van der Waals surface area contributed by atoms with Crippen LogP contribution in [-0.2, 0) is 5.11 Å². The Balaban J connectivity index is 2.79. The van der Waals surface area contributed by atoms with Crippen LogP contribution in [0.2, 0.25) is 0 Å². The molecule has 0 heterocycles. The molecule has 15 heavy (non-hydrogen) atoms. The van der Waals surface area contributed by atoms with Crippen molar-refractivity contribution in [2.75, 3.05) is 5.32 Å². The van der Waals surface area contributed by atoms with Crippen molar-refractivity contribution in [3.05, 3.63) is 24.3 Å². The van der Waals surface area contributed by atoms with E-state index in [1.165, 1.54) is 12.1 Å². The van der Waals surface area contributed by atoms with Crippen LogP contribution in [0.15, 0.2) is 24.3 Å². The Morgan fingerprint density at radius 1 is 1.33 bits per heavy atom. The standard InChI is InChI=1S/C8H5F3NO3/c9-8(10,11)15-6-3-1-2-5(4-6)12-7(13)14/h1-4,12H. The van der Waals surface area contributed by atoms with Gasteiger partial charge in [-0.25, -0.2) is 9.90 Å². The fourth-order valence-electron chi connectivity index (χ4n) is 0.889. The lowest BCUT2D eigenvalue weighted by atomic mass is 10.3. The number of carbonyl (C=O) groups excluding carboxylic acids is 1. The Morgan fingerprint density at radius 2 is 2.00 bits per heavy atom. The summed E-state index contributed by atoms with van der Waals surface area (Å²) >= 11 is 0. The molecular weight excluding hydrogens is 215 g/mol. The van der Waals surface area contributed by atoms with E-state index in [4.69, 9.17) is 0 Å². The molecule has 81 valence electrons. The van der Waals surface area contributed by atoms with E-state index in [9.17, 15) is 23.1 Å². The van der Waals surface area contributed by atoms with E-state index < -0.39 is 18.2 Å². The van der Waals surface area contributed by atoms with E-state index in [1.807, 2.05) is 0 Å². The molecule has 0 saturated heterocycles.